The topological polar surface area (TPSA) is 59.1 Å². The van der Waals surface area contributed by atoms with Gasteiger partial charge in [-0.3, -0.25) is 19.4 Å². The molecule has 26 heavy (non-hydrogen) atoms. The van der Waals surface area contributed by atoms with Crippen molar-refractivity contribution in [3.63, 3.8) is 0 Å². The number of nitrogens with zero attached hydrogens (tertiary/aromatic N) is 2. The molecule has 0 radical (unpaired) electrons. The van der Waals surface area contributed by atoms with Crippen LogP contribution in [0.25, 0.3) is 0 Å². The fourth-order valence-electron chi connectivity index (χ4n) is 3.04. The van der Waals surface area contributed by atoms with Gasteiger partial charge in [-0.15, -0.1) is 0 Å². The van der Waals surface area contributed by atoms with Gasteiger partial charge in [-0.1, -0.05) is 18.2 Å². The molecule has 3 rings (SSSR count). The van der Waals surface area contributed by atoms with Crippen LogP contribution in [0.4, 0.5) is 0 Å². The first-order valence-electron chi connectivity index (χ1n) is 8.40. The summed E-state index contributed by atoms with van der Waals surface area (Å²) < 4.78 is 10.6. The van der Waals surface area contributed by atoms with Crippen molar-refractivity contribution in [1.29, 1.82) is 0 Å². The zero-order chi connectivity index (χ0) is 18.7. The van der Waals surface area contributed by atoms with Crippen molar-refractivity contribution in [2.24, 2.45) is 0 Å². The molecule has 2 amide bonds. The molecule has 6 heteroatoms. The van der Waals surface area contributed by atoms with Crippen LogP contribution in [0.3, 0.4) is 0 Å². The molecule has 1 aliphatic heterocycles. The molecule has 0 bridgehead atoms. The molecule has 0 spiro atoms. The lowest BCUT2D eigenvalue weighted by molar-refractivity contribution is 0.0566. The van der Waals surface area contributed by atoms with E-state index in [4.69, 9.17) is 9.47 Å². The molecule has 0 saturated heterocycles. The Balaban J connectivity index is 1.61. The maximum Gasteiger partial charge on any atom is 0.262 e. The number of rotatable bonds is 7. The van der Waals surface area contributed by atoms with Gasteiger partial charge in [0.15, 0.2) is 11.5 Å². The summed E-state index contributed by atoms with van der Waals surface area (Å²) in [6, 6.07) is 12.7. The summed E-state index contributed by atoms with van der Waals surface area (Å²) in [5.74, 6) is 0.913. The average molecular weight is 354 g/mol. The Kier molecular flexibility index (Phi) is 5.23. The predicted octanol–water partition coefficient (Wildman–Crippen LogP) is 2.43. The van der Waals surface area contributed by atoms with E-state index in [2.05, 4.69) is 0 Å². The molecule has 6 nitrogen and oxygen atoms in total. The molecule has 0 atom stereocenters. The monoisotopic (exact) mass is 354 g/mol. The summed E-state index contributed by atoms with van der Waals surface area (Å²) in [6.07, 6.45) is 0.764. The second-order valence-corrected chi connectivity index (χ2v) is 6.24. The molecule has 0 fully saturated rings. The largest absolute Gasteiger partial charge is 0.493 e. The molecule has 0 aliphatic carbocycles. The molecule has 0 saturated carbocycles. The number of carbonyl (C=O) groups is 2. The second-order valence-electron chi connectivity index (χ2n) is 6.24. The molecule has 2 aromatic rings. The number of hydrogen-bond donors (Lipinski definition) is 0. The molecule has 0 N–H and O–H groups in total. The number of methoxy groups -OCH3 is 2. The van der Waals surface area contributed by atoms with Crippen molar-refractivity contribution in [2.45, 2.75) is 6.42 Å². The van der Waals surface area contributed by atoms with Crippen molar-refractivity contribution in [3.05, 3.63) is 59.2 Å². The summed E-state index contributed by atoms with van der Waals surface area (Å²) in [6.45, 7) is 0.961. The van der Waals surface area contributed by atoms with Gasteiger partial charge in [0.05, 0.1) is 32.0 Å². The Morgan fingerprint density at radius 2 is 1.54 bits per heavy atom. The third kappa shape index (κ3) is 3.41. The molecule has 0 unspecified atom stereocenters. The van der Waals surface area contributed by atoms with Gasteiger partial charge in [0.2, 0.25) is 0 Å². The number of benzene rings is 2. The maximum atomic E-state index is 12.4. The van der Waals surface area contributed by atoms with Gasteiger partial charge in [0.1, 0.15) is 0 Å². The molecule has 1 aliphatic rings. The minimum atomic E-state index is -0.233. The Morgan fingerprint density at radius 1 is 0.923 bits per heavy atom. The van der Waals surface area contributed by atoms with Crippen molar-refractivity contribution >= 4 is 11.8 Å². The van der Waals surface area contributed by atoms with Gasteiger partial charge in [-0.05, 0) is 43.3 Å². The number of likely N-dealkylation sites (N-methyl/N-ethyl adjacent to an activating group) is 1. The Hall–Kier alpha value is -2.86. The normalized spacial score (nSPS) is 13.3. The SMILES string of the molecule is COc1ccc(CCN(C)CN2C(=O)c3ccccc3C2=O)cc1OC. The molecule has 136 valence electrons. The number of ether oxygens (including phenoxy) is 2. The minimum Gasteiger partial charge on any atom is -0.493 e. The number of amides is 2. The van der Waals surface area contributed by atoms with Crippen LogP contribution >= 0.6 is 0 Å². The van der Waals surface area contributed by atoms with Gasteiger partial charge >= 0.3 is 0 Å². The lowest BCUT2D eigenvalue weighted by Gasteiger charge is -2.23. The van der Waals surface area contributed by atoms with E-state index in [1.165, 1.54) is 4.90 Å². The van der Waals surface area contributed by atoms with Crippen molar-refractivity contribution < 1.29 is 19.1 Å². The van der Waals surface area contributed by atoms with E-state index in [9.17, 15) is 9.59 Å². The zero-order valence-electron chi connectivity index (χ0n) is 15.2. The highest BCUT2D eigenvalue weighted by Gasteiger charge is 2.35. The Morgan fingerprint density at radius 3 is 2.12 bits per heavy atom. The first-order valence-corrected chi connectivity index (χ1v) is 8.40. The molecule has 2 aromatic carbocycles. The van der Waals surface area contributed by atoms with E-state index in [0.717, 1.165) is 12.0 Å². The predicted molar refractivity (Wildman–Crippen MR) is 97.7 cm³/mol. The van der Waals surface area contributed by atoms with Crippen LogP contribution in [-0.2, 0) is 6.42 Å². The van der Waals surface area contributed by atoms with E-state index in [0.29, 0.717) is 29.2 Å². The van der Waals surface area contributed by atoms with Gasteiger partial charge in [0.25, 0.3) is 11.8 Å². The average Bonchev–Trinajstić information content (AvgIpc) is 2.91. The number of carbonyl (C=O) groups excluding carboxylic acids is 2. The van der Waals surface area contributed by atoms with Crippen LogP contribution in [0.1, 0.15) is 26.3 Å². The van der Waals surface area contributed by atoms with Crippen LogP contribution in [0.15, 0.2) is 42.5 Å². The molecule has 1 heterocycles. The third-order valence-corrected chi connectivity index (χ3v) is 4.49. The van der Waals surface area contributed by atoms with Crippen LogP contribution < -0.4 is 9.47 Å². The van der Waals surface area contributed by atoms with Gasteiger partial charge in [-0.2, -0.15) is 0 Å². The van der Waals surface area contributed by atoms with E-state index in [1.54, 1.807) is 38.5 Å². The lowest BCUT2D eigenvalue weighted by Crippen LogP contribution is -2.40. The van der Waals surface area contributed by atoms with Crippen LogP contribution in [-0.4, -0.2) is 56.1 Å². The van der Waals surface area contributed by atoms with Crippen molar-refractivity contribution in [2.75, 3.05) is 34.5 Å². The van der Waals surface area contributed by atoms with E-state index in [1.807, 2.05) is 30.1 Å². The lowest BCUT2D eigenvalue weighted by atomic mass is 10.1. The standard InChI is InChI=1S/C20H22N2O4/c1-21(11-10-14-8-9-17(25-2)18(12-14)26-3)13-22-19(23)15-6-4-5-7-16(15)20(22)24/h4-9,12H,10-11,13H2,1-3H3. The van der Waals surface area contributed by atoms with Crippen LogP contribution in [0.5, 0.6) is 11.5 Å². The highest BCUT2D eigenvalue weighted by Crippen LogP contribution is 2.28. The summed E-state index contributed by atoms with van der Waals surface area (Å²) in [5.41, 5.74) is 2.05. The Bertz CT molecular complexity index is 799. The first kappa shape index (κ1) is 17.9. The number of fused-ring (bicyclic) bond motifs is 1. The van der Waals surface area contributed by atoms with Crippen LogP contribution in [0.2, 0.25) is 0 Å². The minimum absolute atomic E-state index is 0.233. The second kappa shape index (κ2) is 7.58. The molecular weight excluding hydrogens is 332 g/mol. The van der Waals surface area contributed by atoms with Crippen LogP contribution in [0, 0.1) is 0 Å². The molecular formula is C20H22N2O4. The van der Waals surface area contributed by atoms with E-state index in [-0.39, 0.29) is 18.5 Å². The number of imide groups is 1. The molecule has 0 aromatic heterocycles. The van der Waals surface area contributed by atoms with Crippen molar-refractivity contribution in [3.8, 4) is 11.5 Å². The smallest absolute Gasteiger partial charge is 0.262 e. The fraction of sp³-hybridized carbons (Fsp3) is 0.300. The van der Waals surface area contributed by atoms with Gasteiger partial charge in [-0.25, -0.2) is 0 Å². The number of hydrogen-bond acceptors (Lipinski definition) is 5. The van der Waals surface area contributed by atoms with Gasteiger partial charge in [0, 0.05) is 6.54 Å². The fourth-order valence-corrected chi connectivity index (χ4v) is 3.04. The first-order chi connectivity index (χ1) is 12.5. The summed E-state index contributed by atoms with van der Waals surface area (Å²) in [7, 11) is 5.10. The van der Waals surface area contributed by atoms with E-state index >= 15 is 0 Å². The Labute approximate surface area is 152 Å². The third-order valence-electron chi connectivity index (χ3n) is 4.49. The summed E-state index contributed by atoms with van der Waals surface area (Å²) in [4.78, 5) is 28.1. The van der Waals surface area contributed by atoms with Gasteiger partial charge < -0.3 is 9.47 Å². The summed E-state index contributed by atoms with van der Waals surface area (Å²) >= 11 is 0. The highest BCUT2D eigenvalue weighted by molar-refractivity contribution is 6.21. The maximum absolute atomic E-state index is 12.4. The zero-order valence-corrected chi connectivity index (χ0v) is 15.2. The van der Waals surface area contributed by atoms with E-state index < -0.39 is 0 Å². The quantitative estimate of drug-likeness (QED) is 0.715. The highest BCUT2D eigenvalue weighted by atomic mass is 16.5. The van der Waals surface area contributed by atoms with Crippen molar-refractivity contribution in [1.82, 2.24) is 9.80 Å². The summed E-state index contributed by atoms with van der Waals surface area (Å²) in [5, 5.41) is 0.